The molecule has 5 amide bonds. The summed E-state index contributed by atoms with van der Waals surface area (Å²) in [4.78, 5) is 78.0. The summed E-state index contributed by atoms with van der Waals surface area (Å²) in [7, 11) is 3.61. The van der Waals surface area contributed by atoms with Crippen molar-refractivity contribution in [3.05, 3.63) is 29.3 Å². The summed E-state index contributed by atoms with van der Waals surface area (Å²) in [6.45, 7) is 9.13. The number of nitrogens with zero attached hydrogens (tertiary/aromatic N) is 2. The van der Waals surface area contributed by atoms with E-state index in [1.165, 1.54) is 55.4 Å². The van der Waals surface area contributed by atoms with Crippen LogP contribution in [0.3, 0.4) is 0 Å². The molecule has 0 saturated carbocycles. The summed E-state index contributed by atoms with van der Waals surface area (Å²) in [6, 6.07) is 4.62. The van der Waals surface area contributed by atoms with Gasteiger partial charge in [0, 0.05) is 32.4 Å². The first-order chi connectivity index (χ1) is 28.7. The van der Waals surface area contributed by atoms with Crippen molar-refractivity contribution in [2.45, 2.75) is 149 Å². The predicted molar refractivity (Wildman–Crippen MR) is 240 cm³/mol. The predicted octanol–water partition coefficient (Wildman–Crippen LogP) is 4.82. The fraction of sp³-hybridized carbons (Fsp3) is 0.698. The fourth-order valence-corrected chi connectivity index (χ4v) is 23.2. The Hall–Kier alpha value is -4.09. The number of hydrogen-bond donors (Lipinski definition) is 8. The summed E-state index contributed by atoms with van der Waals surface area (Å²) >= 11 is -2.85. The molecule has 0 aliphatic carbocycles. The zero-order chi connectivity index (χ0) is 44.8. The average Bonchev–Trinajstić information content (AvgIpc) is 3.22. The second kappa shape index (κ2) is 31.7. The zero-order valence-corrected chi connectivity index (χ0v) is 39.9. The summed E-state index contributed by atoms with van der Waals surface area (Å²) in [5.74, 6) is -2.47. The second-order valence-corrected chi connectivity index (χ2v) is 29.0. The molecule has 0 radical (unpaired) electrons. The van der Waals surface area contributed by atoms with E-state index in [1.807, 2.05) is 18.0 Å². The molecule has 16 nitrogen and oxygen atoms in total. The normalized spacial score (nSPS) is 12.0. The van der Waals surface area contributed by atoms with E-state index in [-0.39, 0.29) is 43.4 Å². The van der Waals surface area contributed by atoms with E-state index >= 15 is 0 Å². The van der Waals surface area contributed by atoms with Crippen LogP contribution in [-0.2, 0) is 25.7 Å². The third-order valence-corrected chi connectivity index (χ3v) is 26.2. The van der Waals surface area contributed by atoms with Crippen molar-refractivity contribution < 1.29 is 39.0 Å². The number of aliphatic imine (C=N–C) groups is 1. The summed E-state index contributed by atoms with van der Waals surface area (Å²) < 4.78 is 5.37. The Kier molecular flexibility index (Phi) is 28.5. The third-order valence-electron chi connectivity index (χ3n) is 10.7. The van der Waals surface area contributed by atoms with E-state index in [0.29, 0.717) is 63.5 Å². The maximum absolute atomic E-state index is 13.6. The Morgan fingerprint density at radius 3 is 1.67 bits per heavy atom. The van der Waals surface area contributed by atoms with Crippen LogP contribution in [0.15, 0.2) is 23.2 Å². The summed E-state index contributed by atoms with van der Waals surface area (Å²) in [6.07, 6.45) is 11.1. The molecular weight excluding hydrogens is 875 g/mol. The number of carbonyl (C=O) groups excluding carboxylic acids is 4. The van der Waals surface area contributed by atoms with Gasteiger partial charge in [0.1, 0.15) is 6.04 Å². The molecule has 1 aromatic carbocycles. The van der Waals surface area contributed by atoms with Crippen LogP contribution in [-0.4, -0.2) is 121 Å². The molecule has 0 saturated heterocycles. The Morgan fingerprint density at radius 2 is 1.20 bits per heavy atom. The minimum atomic E-state index is -2.85. The number of hydrogen-bond acceptors (Lipinski definition) is 7. The second-order valence-electron chi connectivity index (χ2n) is 15.7. The van der Waals surface area contributed by atoms with E-state index in [2.05, 4.69) is 64.5 Å². The molecule has 0 aromatic heterocycles. The van der Waals surface area contributed by atoms with Gasteiger partial charge in [-0.15, -0.1) is 0 Å². The molecule has 0 fully saturated rings. The van der Waals surface area contributed by atoms with Gasteiger partial charge in [-0.1, -0.05) is 0 Å². The van der Waals surface area contributed by atoms with Crippen LogP contribution in [0.4, 0.5) is 4.79 Å². The van der Waals surface area contributed by atoms with Gasteiger partial charge in [0.15, 0.2) is 0 Å². The number of carboxylic acid groups (broad SMARTS) is 2. The molecule has 0 aliphatic heterocycles. The number of amides is 5. The van der Waals surface area contributed by atoms with E-state index in [4.69, 9.17) is 15.9 Å². The summed E-state index contributed by atoms with van der Waals surface area (Å²) in [5, 5.41) is 31.4. The number of nitrogens with two attached hydrogens (primary N) is 1. The fourth-order valence-electron chi connectivity index (χ4n) is 7.05. The van der Waals surface area contributed by atoms with Crippen LogP contribution in [0.1, 0.15) is 139 Å². The van der Waals surface area contributed by atoms with Gasteiger partial charge in [0.2, 0.25) is 5.91 Å². The Bertz CT molecular complexity index is 1490. The molecule has 0 bridgehead atoms. The van der Waals surface area contributed by atoms with Crippen LogP contribution < -0.4 is 35.9 Å². The SMILES string of the molecule is CCC[CH2][Sn]([CH2]CCC)([CH2]CCC)[c]1cc(CN(C)C(N)=NC)cc(C(=O)NCCCCCNC(=O)CCC(=O)NCCCCCNC(=O)N[C@H](CCC(=O)O)C(=O)O)c1. The van der Waals surface area contributed by atoms with Crippen molar-refractivity contribution in [2.24, 2.45) is 10.7 Å². The molecule has 0 unspecified atom stereocenters. The number of unbranched alkanes of at least 4 members (excludes halogenated alkanes) is 7. The monoisotopic (exact) mass is 952 g/mol. The molecule has 9 N–H and O–H groups in total. The number of aliphatic carboxylic acids is 2. The van der Waals surface area contributed by atoms with Crippen LogP contribution in [0.2, 0.25) is 13.3 Å². The molecule has 1 rings (SSSR count). The van der Waals surface area contributed by atoms with Crippen molar-refractivity contribution in [1.29, 1.82) is 0 Å². The standard InChI is InChI=1S/C31H49N8O8.3C4H9.Sn/c1-33-30(32)39(2)21-22-10-9-11-23(20-22)28(44)36-18-7-3-5-16-34-25(40)13-14-26(41)35-17-6-4-8-19-37-31(47)38-24(29(45)46)12-15-27(42)43;3*1-3-4-2;/h10-11,20,24H,3-8,12-19,21H2,1-2H3,(H2,32,33)(H,34,40)(H,35,41)(H,36,44)(H,42,43)(H,45,46)(H2,37,38,47);3*1,3-4H2,2H3;/t24-;;;;/m1..../s1. The van der Waals surface area contributed by atoms with Gasteiger partial charge in [-0.05, 0) is 25.7 Å². The first-order valence-electron chi connectivity index (χ1n) is 22.1. The third kappa shape index (κ3) is 23.1. The molecule has 1 aromatic rings. The van der Waals surface area contributed by atoms with Crippen molar-refractivity contribution in [1.82, 2.24) is 31.5 Å². The first-order valence-corrected chi connectivity index (χ1v) is 29.6. The molecule has 1 atom stereocenters. The van der Waals surface area contributed by atoms with E-state index in [9.17, 15) is 28.8 Å². The van der Waals surface area contributed by atoms with Crippen LogP contribution in [0.5, 0.6) is 0 Å². The molecule has 0 aliphatic rings. The van der Waals surface area contributed by atoms with Gasteiger partial charge in [-0.3, -0.25) is 14.4 Å². The van der Waals surface area contributed by atoms with Gasteiger partial charge < -0.3 is 26.2 Å². The Balaban J connectivity index is 2.50. The molecular formula is C43H76N8O8Sn. The number of benzene rings is 1. The summed E-state index contributed by atoms with van der Waals surface area (Å²) in [5.41, 5.74) is 7.95. The number of nitrogens with one attached hydrogen (secondary N) is 5. The van der Waals surface area contributed by atoms with Gasteiger partial charge >= 0.3 is 244 Å². The topological polar surface area (TPSA) is 245 Å². The Labute approximate surface area is 362 Å². The number of carbonyl (C=O) groups is 6. The number of rotatable bonds is 33. The molecule has 340 valence electrons. The number of carboxylic acids is 2. The maximum atomic E-state index is 13.6. The van der Waals surface area contributed by atoms with Crippen LogP contribution in [0.25, 0.3) is 0 Å². The van der Waals surface area contributed by atoms with Crippen molar-refractivity contribution in [2.75, 3.05) is 40.3 Å². The van der Waals surface area contributed by atoms with Crippen LogP contribution >= 0.6 is 0 Å². The zero-order valence-electron chi connectivity index (χ0n) is 37.1. The molecule has 60 heavy (non-hydrogen) atoms. The van der Waals surface area contributed by atoms with Crippen LogP contribution in [0, 0.1) is 0 Å². The molecule has 17 heteroatoms. The van der Waals surface area contributed by atoms with E-state index in [1.54, 1.807) is 7.05 Å². The first kappa shape index (κ1) is 53.9. The van der Waals surface area contributed by atoms with E-state index < -0.39 is 42.4 Å². The Morgan fingerprint density at radius 1 is 0.700 bits per heavy atom. The minimum absolute atomic E-state index is 0.0623. The number of urea groups is 1. The molecule has 0 spiro atoms. The quantitative estimate of drug-likeness (QED) is 0.0207. The van der Waals surface area contributed by atoms with Gasteiger partial charge in [-0.2, -0.15) is 0 Å². The van der Waals surface area contributed by atoms with Gasteiger partial charge in [-0.25, -0.2) is 9.59 Å². The molecule has 0 heterocycles. The average molecular weight is 952 g/mol. The van der Waals surface area contributed by atoms with E-state index in [0.717, 1.165) is 24.8 Å². The van der Waals surface area contributed by atoms with Crippen molar-refractivity contribution in [3.63, 3.8) is 0 Å². The number of guanidine groups is 1. The van der Waals surface area contributed by atoms with Crippen molar-refractivity contribution >= 4 is 63.6 Å². The van der Waals surface area contributed by atoms with Gasteiger partial charge in [0.05, 0.1) is 0 Å². The van der Waals surface area contributed by atoms with Gasteiger partial charge in [0.25, 0.3) is 0 Å². The van der Waals surface area contributed by atoms with Crippen molar-refractivity contribution in [3.8, 4) is 0 Å².